The van der Waals surface area contributed by atoms with Gasteiger partial charge in [-0.15, -0.1) is 0 Å². The highest BCUT2D eigenvalue weighted by Gasteiger charge is 2.50. The largest absolute Gasteiger partial charge is 0.496 e. The lowest BCUT2D eigenvalue weighted by molar-refractivity contribution is -0.126. The lowest BCUT2D eigenvalue weighted by Gasteiger charge is -2.43. The number of rotatable bonds is 8. The highest BCUT2D eigenvalue weighted by molar-refractivity contribution is 6.15. The van der Waals surface area contributed by atoms with Gasteiger partial charge in [0, 0.05) is 23.9 Å². The van der Waals surface area contributed by atoms with Crippen molar-refractivity contribution in [3.63, 3.8) is 0 Å². The van der Waals surface area contributed by atoms with Crippen molar-refractivity contribution in [2.45, 2.75) is 25.6 Å². The Morgan fingerprint density at radius 1 is 1.00 bits per heavy atom. The minimum absolute atomic E-state index is 0.0247. The van der Waals surface area contributed by atoms with Crippen LogP contribution in [0, 0.1) is 0 Å². The number of esters is 1. The van der Waals surface area contributed by atoms with Crippen LogP contribution in [-0.2, 0) is 22.6 Å². The van der Waals surface area contributed by atoms with Crippen LogP contribution >= 0.6 is 0 Å². The summed E-state index contributed by atoms with van der Waals surface area (Å²) in [6, 6.07) is 12.2. The van der Waals surface area contributed by atoms with Gasteiger partial charge in [0.2, 0.25) is 5.91 Å². The Hall–Kier alpha value is -4.54. The Kier molecular flexibility index (Phi) is 7.05. The van der Waals surface area contributed by atoms with E-state index in [0.717, 1.165) is 5.56 Å². The number of anilines is 1. The van der Waals surface area contributed by atoms with Crippen molar-refractivity contribution < 1.29 is 33.3 Å². The normalized spacial score (nSPS) is 16.6. The molecule has 1 aliphatic heterocycles. The van der Waals surface area contributed by atoms with Crippen molar-refractivity contribution in [2.24, 2.45) is 0 Å². The van der Waals surface area contributed by atoms with Gasteiger partial charge in [-0.25, -0.2) is 9.78 Å². The summed E-state index contributed by atoms with van der Waals surface area (Å²) in [6.07, 6.45) is 1.36. The lowest BCUT2D eigenvalue weighted by atomic mass is 9.93. The van der Waals surface area contributed by atoms with Crippen molar-refractivity contribution in [2.75, 3.05) is 33.3 Å². The summed E-state index contributed by atoms with van der Waals surface area (Å²) in [5, 5.41) is 2.93. The van der Waals surface area contributed by atoms with E-state index in [9.17, 15) is 14.4 Å². The van der Waals surface area contributed by atoms with E-state index in [1.807, 2.05) is 18.2 Å². The molecule has 2 aromatic carbocycles. The summed E-state index contributed by atoms with van der Waals surface area (Å²) in [6.45, 7) is 1.86. The van der Waals surface area contributed by atoms with Gasteiger partial charge in [0.1, 0.15) is 17.0 Å². The molecular formula is C26H28N4O7. The second-order valence-electron chi connectivity index (χ2n) is 8.51. The van der Waals surface area contributed by atoms with Crippen molar-refractivity contribution in [3.8, 4) is 17.2 Å². The van der Waals surface area contributed by atoms with E-state index < -0.39 is 23.3 Å². The van der Waals surface area contributed by atoms with Crippen LogP contribution in [0.25, 0.3) is 0 Å². The predicted octanol–water partition coefficient (Wildman–Crippen LogP) is 2.43. The fourth-order valence-electron chi connectivity index (χ4n) is 4.46. The topological polar surface area (TPSA) is 121 Å². The van der Waals surface area contributed by atoms with Crippen molar-refractivity contribution in [3.05, 3.63) is 65.7 Å². The molecule has 11 heteroatoms. The van der Waals surface area contributed by atoms with E-state index in [1.165, 1.54) is 37.1 Å². The average Bonchev–Trinajstić information content (AvgIpc) is 3.34. The highest BCUT2D eigenvalue weighted by atomic mass is 16.5. The van der Waals surface area contributed by atoms with Gasteiger partial charge in [-0.2, -0.15) is 0 Å². The monoisotopic (exact) mass is 508 g/mol. The number of hydrogen-bond donors (Lipinski definition) is 1. The SMILES string of the molecule is COC(=O)c1ncn2c1C(=O)N(c1ccc(OC)c(OC)c1)[C@@](C)(C(=O)NCc1ccccc1OC)C2. The molecule has 1 N–H and O–H groups in total. The number of carbonyl (C=O) groups excluding carboxylic acids is 3. The quantitative estimate of drug-likeness (QED) is 0.461. The molecule has 1 aromatic heterocycles. The molecule has 4 rings (SSSR count). The molecular weight excluding hydrogens is 480 g/mol. The molecule has 0 unspecified atom stereocenters. The number of hydrogen-bond acceptors (Lipinski definition) is 8. The molecule has 2 heterocycles. The van der Waals surface area contributed by atoms with Crippen molar-refractivity contribution in [1.82, 2.24) is 14.9 Å². The number of fused-ring (bicyclic) bond motifs is 1. The van der Waals surface area contributed by atoms with Crippen LogP contribution in [0.15, 0.2) is 48.8 Å². The number of imidazole rings is 1. The molecule has 2 amide bonds. The number of methoxy groups -OCH3 is 4. The Morgan fingerprint density at radius 2 is 1.70 bits per heavy atom. The number of para-hydroxylation sites is 1. The van der Waals surface area contributed by atoms with Gasteiger partial charge in [0.25, 0.3) is 5.91 Å². The van der Waals surface area contributed by atoms with Gasteiger partial charge in [0.05, 0.1) is 41.3 Å². The number of amides is 2. The Morgan fingerprint density at radius 3 is 2.38 bits per heavy atom. The smallest absolute Gasteiger partial charge is 0.359 e. The first-order valence-corrected chi connectivity index (χ1v) is 11.4. The second kappa shape index (κ2) is 10.2. The second-order valence-corrected chi connectivity index (χ2v) is 8.51. The summed E-state index contributed by atoms with van der Waals surface area (Å²) >= 11 is 0. The molecule has 1 aliphatic rings. The molecule has 0 aliphatic carbocycles. The minimum atomic E-state index is -1.40. The maximum Gasteiger partial charge on any atom is 0.359 e. The summed E-state index contributed by atoms with van der Waals surface area (Å²) in [5.74, 6) is -0.301. The molecule has 3 aromatic rings. The molecule has 0 saturated carbocycles. The number of carbonyl (C=O) groups is 3. The number of nitrogens with zero attached hydrogens (tertiary/aromatic N) is 3. The zero-order valence-electron chi connectivity index (χ0n) is 21.2. The Bertz CT molecular complexity index is 1350. The van der Waals surface area contributed by atoms with Crippen LogP contribution in [0.2, 0.25) is 0 Å². The third-order valence-corrected chi connectivity index (χ3v) is 6.34. The van der Waals surface area contributed by atoms with Gasteiger partial charge < -0.3 is 28.8 Å². The number of ether oxygens (including phenoxy) is 4. The highest BCUT2D eigenvalue weighted by Crippen LogP contribution is 2.38. The maximum absolute atomic E-state index is 14.0. The van der Waals surface area contributed by atoms with Gasteiger partial charge in [-0.1, -0.05) is 18.2 Å². The fourth-order valence-corrected chi connectivity index (χ4v) is 4.46. The first-order chi connectivity index (χ1) is 17.8. The van der Waals surface area contributed by atoms with Crippen LogP contribution in [0.1, 0.15) is 33.5 Å². The van der Waals surface area contributed by atoms with E-state index in [2.05, 4.69) is 10.3 Å². The minimum Gasteiger partial charge on any atom is -0.496 e. The summed E-state index contributed by atoms with van der Waals surface area (Å²) in [4.78, 5) is 45.5. The van der Waals surface area contributed by atoms with Crippen LogP contribution in [0.5, 0.6) is 17.2 Å². The van der Waals surface area contributed by atoms with Crippen molar-refractivity contribution in [1.29, 1.82) is 0 Å². The molecule has 11 nitrogen and oxygen atoms in total. The standard InChI is InChI=1S/C26H28N4O7/c1-26(25(33)27-13-16-8-6-7-9-18(16)34-2)14-29-15-28-21(24(32)37-5)22(29)23(31)30(26)17-10-11-19(35-3)20(12-17)36-4/h6-12,15H,13-14H2,1-5H3,(H,27,33)/t26-/m1/s1. The molecule has 194 valence electrons. The van der Waals surface area contributed by atoms with E-state index in [4.69, 9.17) is 18.9 Å². The zero-order chi connectivity index (χ0) is 26.7. The van der Waals surface area contributed by atoms with Crippen LogP contribution in [0.4, 0.5) is 5.69 Å². The summed E-state index contributed by atoms with van der Waals surface area (Å²) in [5.41, 5.74) is -0.357. The predicted molar refractivity (Wildman–Crippen MR) is 133 cm³/mol. The van der Waals surface area contributed by atoms with Crippen LogP contribution < -0.4 is 24.4 Å². The van der Waals surface area contributed by atoms with E-state index >= 15 is 0 Å². The Balaban J connectivity index is 1.79. The molecule has 0 saturated heterocycles. The lowest BCUT2D eigenvalue weighted by Crippen LogP contribution is -2.64. The third kappa shape index (κ3) is 4.44. The van der Waals surface area contributed by atoms with E-state index in [0.29, 0.717) is 22.9 Å². The number of aromatic nitrogens is 2. The van der Waals surface area contributed by atoms with Crippen LogP contribution in [0.3, 0.4) is 0 Å². The number of nitrogens with one attached hydrogen (secondary N) is 1. The maximum atomic E-state index is 14.0. The van der Waals surface area contributed by atoms with Crippen molar-refractivity contribution >= 4 is 23.5 Å². The van der Waals surface area contributed by atoms with Gasteiger partial charge >= 0.3 is 5.97 Å². The third-order valence-electron chi connectivity index (χ3n) is 6.34. The zero-order valence-corrected chi connectivity index (χ0v) is 21.2. The molecule has 0 spiro atoms. The molecule has 37 heavy (non-hydrogen) atoms. The van der Waals surface area contributed by atoms with E-state index in [-0.39, 0.29) is 24.5 Å². The molecule has 1 atom stereocenters. The van der Waals surface area contributed by atoms with Gasteiger partial charge in [-0.3, -0.25) is 14.5 Å². The molecule has 0 radical (unpaired) electrons. The van der Waals surface area contributed by atoms with Gasteiger partial charge in [-0.05, 0) is 25.1 Å². The summed E-state index contributed by atoms with van der Waals surface area (Å²) < 4.78 is 22.5. The molecule has 0 fully saturated rings. The summed E-state index contributed by atoms with van der Waals surface area (Å²) in [7, 11) is 5.74. The first-order valence-electron chi connectivity index (χ1n) is 11.4. The average molecular weight is 509 g/mol. The van der Waals surface area contributed by atoms with E-state index in [1.54, 1.807) is 38.3 Å². The Labute approximate surface area is 213 Å². The number of benzene rings is 2. The molecule has 0 bridgehead atoms. The van der Waals surface area contributed by atoms with Gasteiger partial charge in [0.15, 0.2) is 17.2 Å². The fraction of sp³-hybridized carbons (Fsp3) is 0.308. The van der Waals surface area contributed by atoms with Crippen LogP contribution in [-0.4, -0.2) is 61.3 Å². The first kappa shape index (κ1) is 25.5.